The number of hydrogen-bond donors (Lipinski definition) is 0. The summed E-state index contributed by atoms with van der Waals surface area (Å²) in [6, 6.07) is -0.835. The van der Waals surface area contributed by atoms with Crippen molar-refractivity contribution in [3.63, 3.8) is 0 Å². The van der Waals surface area contributed by atoms with Crippen LogP contribution in [0.3, 0.4) is 0 Å². The molecule has 0 aromatic rings. The number of carbonyl (C=O) groups excluding carboxylic acids is 3. The van der Waals surface area contributed by atoms with E-state index in [1.807, 2.05) is 0 Å². The van der Waals surface area contributed by atoms with Crippen molar-refractivity contribution in [1.29, 1.82) is 0 Å². The maximum atomic E-state index is 12.3. The van der Waals surface area contributed by atoms with Gasteiger partial charge in [-0.05, 0) is 41.5 Å². The summed E-state index contributed by atoms with van der Waals surface area (Å²) in [6.45, 7) is 11.0. The molecule has 0 aliphatic carbocycles. The van der Waals surface area contributed by atoms with Crippen molar-refractivity contribution < 1.29 is 23.9 Å². The molecule has 138 valence electrons. The zero-order valence-electron chi connectivity index (χ0n) is 15.2. The average molecular weight is 363 g/mol. The summed E-state index contributed by atoms with van der Waals surface area (Å²) in [5, 5.41) is 0. The Morgan fingerprint density at radius 1 is 0.958 bits per heavy atom. The van der Waals surface area contributed by atoms with E-state index in [9.17, 15) is 14.4 Å². The highest BCUT2D eigenvalue weighted by Crippen LogP contribution is 2.19. The molecule has 1 heterocycles. The molecule has 1 aliphatic heterocycles. The van der Waals surface area contributed by atoms with Gasteiger partial charge in [0.2, 0.25) is 0 Å². The number of piperazine rings is 1. The molecule has 0 bridgehead atoms. The van der Waals surface area contributed by atoms with E-state index in [1.54, 1.807) is 41.5 Å². The molecule has 0 unspecified atom stereocenters. The average Bonchev–Trinajstić information content (AvgIpc) is 2.42. The van der Waals surface area contributed by atoms with Gasteiger partial charge in [0, 0.05) is 13.1 Å². The first kappa shape index (κ1) is 20.5. The maximum absolute atomic E-state index is 12.3. The minimum atomic E-state index is -0.835. The van der Waals surface area contributed by atoms with E-state index in [0.717, 1.165) is 0 Å². The van der Waals surface area contributed by atoms with E-state index in [4.69, 9.17) is 21.1 Å². The molecule has 1 saturated heterocycles. The Bertz CT molecular complexity index is 496. The van der Waals surface area contributed by atoms with Crippen molar-refractivity contribution in [3.05, 3.63) is 0 Å². The van der Waals surface area contributed by atoms with Crippen LogP contribution in [-0.2, 0) is 14.3 Å². The topological polar surface area (TPSA) is 76.2 Å². The van der Waals surface area contributed by atoms with Crippen LogP contribution >= 0.6 is 11.6 Å². The zero-order valence-corrected chi connectivity index (χ0v) is 16.0. The van der Waals surface area contributed by atoms with Crippen molar-refractivity contribution in [1.82, 2.24) is 9.80 Å². The molecule has 1 rings (SSSR count). The molecule has 1 aliphatic rings. The Hall–Kier alpha value is -1.50. The number of nitrogens with zero attached hydrogens (tertiary/aromatic N) is 2. The number of ketones is 1. The highest BCUT2D eigenvalue weighted by Gasteiger charge is 2.39. The number of carbonyl (C=O) groups is 3. The second-order valence-corrected chi connectivity index (χ2v) is 7.98. The van der Waals surface area contributed by atoms with Gasteiger partial charge in [-0.2, -0.15) is 0 Å². The first-order valence-electron chi connectivity index (χ1n) is 7.90. The Balaban J connectivity index is 2.87. The van der Waals surface area contributed by atoms with E-state index in [2.05, 4.69) is 0 Å². The van der Waals surface area contributed by atoms with E-state index in [-0.39, 0.29) is 31.3 Å². The van der Waals surface area contributed by atoms with Crippen LogP contribution in [0.25, 0.3) is 0 Å². The summed E-state index contributed by atoms with van der Waals surface area (Å²) in [5.74, 6) is -0.581. The van der Waals surface area contributed by atoms with Crippen LogP contribution in [0.2, 0.25) is 0 Å². The minimum absolute atomic E-state index is 0.0414. The third-order valence-corrected chi connectivity index (χ3v) is 3.43. The van der Waals surface area contributed by atoms with Gasteiger partial charge in [-0.15, -0.1) is 11.6 Å². The molecule has 24 heavy (non-hydrogen) atoms. The van der Waals surface area contributed by atoms with Crippen LogP contribution in [-0.4, -0.2) is 70.5 Å². The van der Waals surface area contributed by atoms with Crippen molar-refractivity contribution in [2.75, 3.05) is 25.5 Å². The molecule has 0 aromatic carbocycles. The van der Waals surface area contributed by atoms with Crippen LogP contribution in [0.5, 0.6) is 0 Å². The van der Waals surface area contributed by atoms with Crippen molar-refractivity contribution in [2.45, 2.75) is 58.8 Å². The Morgan fingerprint density at radius 3 is 1.92 bits per heavy atom. The van der Waals surface area contributed by atoms with Gasteiger partial charge in [0.1, 0.15) is 17.2 Å². The molecule has 1 atom stereocenters. The standard InChI is InChI=1S/C16H27ClN2O5/c1-15(2,3)23-13(21)18-7-8-19(11(10-18)12(20)9-17)14(22)24-16(4,5)6/h11H,7-10H2,1-6H3/t11-/m1/s1. The van der Waals surface area contributed by atoms with E-state index < -0.39 is 29.4 Å². The van der Waals surface area contributed by atoms with Gasteiger partial charge in [-0.3, -0.25) is 9.69 Å². The number of ether oxygens (including phenoxy) is 2. The third kappa shape index (κ3) is 6.19. The molecule has 8 heteroatoms. The Kier molecular flexibility index (Phi) is 6.50. The van der Waals surface area contributed by atoms with Crippen LogP contribution < -0.4 is 0 Å². The Morgan fingerprint density at radius 2 is 1.46 bits per heavy atom. The quantitative estimate of drug-likeness (QED) is 0.706. The number of hydrogen-bond acceptors (Lipinski definition) is 5. The highest BCUT2D eigenvalue weighted by atomic mass is 35.5. The number of halogens is 1. The number of amides is 2. The summed E-state index contributed by atoms with van der Waals surface area (Å²) in [7, 11) is 0. The van der Waals surface area contributed by atoms with Crippen LogP contribution in [0.4, 0.5) is 9.59 Å². The van der Waals surface area contributed by atoms with Crippen molar-refractivity contribution >= 4 is 29.6 Å². The minimum Gasteiger partial charge on any atom is -0.444 e. The third-order valence-electron chi connectivity index (χ3n) is 3.16. The highest BCUT2D eigenvalue weighted by molar-refractivity contribution is 6.28. The predicted molar refractivity (Wildman–Crippen MR) is 90.3 cm³/mol. The van der Waals surface area contributed by atoms with Crippen molar-refractivity contribution in [3.8, 4) is 0 Å². The molecule has 1 fully saturated rings. The summed E-state index contributed by atoms with van der Waals surface area (Å²) in [4.78, 5) is 39.4. The maximum Gasteiger partial charge on any atom is 0.411 e. The van der Waals surface area contributed by atoms with Gasteiger partial charge in [-0.1, -0.05) is 0 Å². The summed E-state index contributed by atoms with van der Waals surface area (Å²) < 4.78 is 10.7. The second kappa shape index (κ2) is 7.59. The fraction of sp³-hybridized carbons (Fsp3) is 0.812. The summed E-state index contributed by atoms with van der Waals surface area (Å²) in [6.07, 6.45) is -1.10. The molecule has 0 spiro atoms. The fourth-order valence-electron chi connectivity index (χ4n) is 2.18. The van der Waals surface area contributed by atoms with Gasteiger partial charge in [0.25, 0.3) is 0 Å². The number of Topliss-reactive ketones (excluding diaryl/α,β-unsaturated/α-hetero) is 1. The van der Waals surface area contributed by atoms with Gasteiger partial charge >= 0.3 is 12.2 Å². The SMILES string of the molecule is CC(C)(C)OC(=O)N1CCN(C(=O)OC(C)(C)C)[C@@H](C(=O)CCl)C1. The van der Waals surface area contributed by atoms with Gasteiger partial charge in [0.15, 0.2) is 5.78 Å². The lowest BCUT2D eigenvalue weighted by atomic mass is 10.1. The molecule has 2 amide bonds. The number of alkyl halides is 1. The van der Waals surface area contributed by atoms with E-state index >= 15 is 0 Å². The van der Waals surface area contributed by atoms with Crippen LogP contribution in [0.1, 0.15) is 41.5 Å². The lowest BCUT2D eigenvalue weighted by Crippen LogP contribution is -2.60. The van der Waals surface area contributed by atoms with Gasteiger partial charge in [0.05, 0.1) is 12.4 Å². The van der Waals surface area contributed by atoms with Crippen LogP contribution in [0, 0.1) is 0 Å². The zero-order chi connectivity index (χ0) is 18.7. The molecule has 7 nitrogen and oxygen atoms in total. The first-order chi connectivity index (χ1) is 10.8. The molecular weight excluding hydrogens is 336 g/mol. The fourth-order valence-corrected chi connectivity index (χ4v) is 2.36. The van der Waals surface area contributed by atoms with E-state index in [0.29, 0.717) is 0 Å². The molecule has 0 radical (unpaired) electrons. The molecular formula is C16H27ClN2O5. The molecule has 0 aromatic heterocycles. The lowest BCUT2D eigenvalue weighted by molar-refractivity contribution is -0.124. The second-order valence-electron chi connectivity index (χ2n) is 7.72. The van der Waals surface area contributed by atoms with E-state index in [1.165, 1.54) is 9.80 Å². The van der Waals surface area contributed by atoms with Gasteiger partial charge in [-0.25, -0.2) is 9.59 Å². The first-order valence-corrected chi connectivity index (χ1v) is 8.44. The number of rotatable bonds is 2. The normalized spacial score (nSPS) is 19.0. The van der Waals surface area contributed by atoms with Crippen LogP contribution in [0.15, 0.2) is 0 Å². The summed E-state index contributed by atoms with van der Waals surface area (Å²) >= 11 is 5.66. The lowest BCUT2D eigenvalue weighted by Gasteiger charge is -2.40. The largest absolute Gasteiger partial charge is 0.444 e. The predicted octanol–water partition coefficient (Wildman–Crippen LogP) is 2.65. The molecule has 0 saturated carbocycles. The van der Waals surface area contributed by atoms with Gasteiger partial charge < -0.3 is 14.4 Å². The smallest absolute Gasteiger partial charge is 0.411 e. The summed E-state index contributed by atoms with van der Waals surface area (Å²) in [5.41, 5.74) is -1.31. The Labute approximate surface area is 148 Å². The monoisotopic (exact) mass is 362 g/mol. The molecule has 0 N–H and O–H groups in total. The van der Waals surface area contributed by atoms with Crippen molar-refractivity contribution in [2.24, 2.45) is 0 Å².